The van der Waals surface area contributed by atoms with Gasteiger partial charge in [0.2, 0.25) is 11.9 Å². The van der Waals surface area contributed by atoms with Crippen LogP contribution in [0.2, 0.25) is 0 Å². The summed E-state index contributed by atoms with van der Waals surface area (Å²) in [6.07, 6.45) is 2.46. The van der Waals surface area contributed by atoms with E-state index < -0.39 is 0 Å². The van der Waals surface area contributed by atoms with Crippen LogP contribution < -0.4 is 5.73 Å². The molecule has 1 aromatic heterocycles. The minimum atomic E-state index is 0.00883. The van der Waals surface area contributed by atoms with Crippen LogP contribution in [0.5, 0.6) is 0 Å². The molecule has 2 N–H and O–H groups in total. The summed E-state index contributed by atoms with van der Waals surface area (Å²) < 4.78 is 0. The molecule has 1 fully saturated rings. The van der Waals surface area contributed by atoms with E-state index in [1.54, 1.807) is 31.3 Å². The molecule has 1 aliphatic rings. The molecule has 0 aliphatic carbocycles. The Balaban J connectivity index is 1.63. The Labute approximate surface area is 165 Å². The van der Waals surface area contributed by atoms with Gasteiger partial charge in [-0.25, -0.2) is 9.97 Å². The molecule has 1 aliphatic heterocycles. The second kappa shape index (κ2) is 8.79. The SMILES string of the molecule is CN(C)C(=O)CN1CCCN(C(=O)c2ccc(-c3ccnc(N)n3)cc2)CC1. The van der Waals surface area contributed by atoms with Crippen molar-refractivity contribution < 1.29 is 9.59 Å². The zero-order valence-electron chi connectivity index (χ0n) is 16.3. The van der Waals surface area contributed by atoms with E-state index in [-0.39, 0.29) is 17.8 Å². The Bertz CT molecular complexity index is 837. The number of hydrogen-bond acceptors (Lipinski definition) is 6. The van der Waals surface area contributed by atoms with Gasteiger partial charge in [-0.15, -0.1) is 0 Å². The molecular formula is C20H26N6O2. The highest BCUT2D eigenvalue weighted by Crippen LogP contribution is 2.19. The Morgan fingerprint density at radius 2 is 1.82 bits per heavy atom. The van der Waals surface area contributed by atoms with Crippen LogP contribution in [-0.2, 0) is 4.79 Å². The molecule has 2 amide bonds. The number of carbonyl (C=O) groups excluding carboxylic acids is 2. The topological polar surface area (TPSA) is 95.7 Å². The molecular weight excluding hydrogens is 356 g/mol. The summed E-state index contributed by atoms with van der Waals surface area (Å²) in [7, 11) is 3.52. The van der Waals surface area contributed by atoms with Crippen molar-refractivity contribution in [2.75, 3.05) is 52.6 Å². The van der Waals surface area contributed by atoms with Gasteiger partial charge in [0, 0.05) is 57.6 Å². The van der Waals surface area contributed by atoms with Gasteiger partial charge >= 0.3 is 0 Å². The lowest BCUT2D eigenvalue weighted by Gasteiger charge is -2.23. The van der Waals surface area contributed by atoms with Crippen LogP contribution in [0.1, 0.15) is 16.8 Å². The number of likely N-dealkylation sites (N-methyl/N-ethyl adjacent to an activating group) is 1. The number of hydrogen-bond donors (Lipinski definition) is 1. The van der Waals surface area contributed by atoms with Crippen molar-refractivity contribution in [3.8, 4) is 11.3 Å². The van der Waals surface area contributed by atoms with E-state index in [0.717, 1.165) is 24.2 Å². The van der Waals surface area contributed by atoms with E-state index >= 15 is 0 Å². The second-order valence-electron chi connectivity index (χ2n) is 7.09. The average Bonchev–Trinajstić information content (AvgIpc) is 2.93. The van der Waals surface area contributed by atoms with Crippen molar-refractivity contribution >= 4 is 17.8 Å². The number of anilines is 1. The number of amides is 2. The molecule has 0 spiro atoms. The highest BCUT2D eigenvalue weighted by atomic mass is 16.2. The van der Waals surface area contributed by atoms with Gasteiger partial charge in [-0.3, -0.25) is 14.5 Å². The lowest BCUT2D eigenvalue weighted by Crippen LogP contribution is -2.39. The summed E-state index contributed by atoms with van der Waals surface area (Å²) in [5, 5.41) is 0. The van der Waals surface area contributed by atoms with Gasteiger partial charge in [-0.2, -0.15) is 0 Å². The van der Waals surface area contributed by atoms with Gasteiger partial charge in [-0.05, 0) is 24.6 Å². The third kappa shape index (κ3) is 4.83. The van der Waals surface area contributed by atoms with Gasteiger partial charge in [0.25, 0.3) is 5.91 Å². The lowest BCUT2D eigenvalue weighted by molar-refractivity contribution is -0.129. The van der Waals surface area contributed by atoms with E-state index in [1.807, 2.05) is 29.2 Å². The van der Waals surface area contributed by atoms with Crippen molar-refractivity contribution in [2.45, 2.75) is 6.42 Å². The molecule has 1 saturated heterocycles. The molecule has 2 heterocycles. The predicted molar refractivity (Wildman–Crippen MR) is 108 cm³/mol. The smallest absolute Gasteiger partial charge is 0.253 e. The number of carbonyl (C=O) groups is 2. The van der Waals surface area contributed by atoms with Crippen molar-refractivity contribution in [1.82, 2.24) is 24.7 Å². The molecule has 0 radical (unpaired) electrons. The average molecular weight is 382 g/mol. The molecule has 0 unspecified atom stereocenters. The summed E-state index contributed by atoms with van der Waals surface area (Å²) >= 11 is 0. The van der Waals surface area contributed by atoms with Crippen LogP contribution in [-0.4, -0.2) is 83.3 Å². The summed E-state index contributed by atoms with van der Waals surface area (Å²) in [5.41, 5.74) is 7.88. The Kier molecular flexibility index (Phi) is 6.20. The van der Waals surface area contributed by atoms with E-state index in [1.165, 1.54) is 0 Å². The molecule has 0 saturated carbocycles. The second-order valence-corrected chi connectivity index (χ2v) is 7.09. The molecule has 28 heavy (non-hydrogen) atoms. The highest BCUT2D eigenvalue weighted by Gasteiger charge is 2.22. The van der Waals surface area contributed by atoms with Crippen LogP contribution in [0.25, 0.3) is 11.3 Å². The summed E-state index contributed by atoms with van der Waals surface area (Å²) in [6.45, 7) is 3.21. The maximum absolute atomic E-state index is 12.9. The largest absolute Gasteiger partial charge is 0.368 e. The summed E-state index contributed by atoms with van der Waals surface area (Å²) in [5.74, 6) is 0.315. The summed E-state index contributed by atoms with van der Waals surface area (Å²) in [6, 6.07) is 9.15. The molecule has 0 atom stereocenters. The zero-order valence-corrected chi connectivity index (χ0v) is 16.3. The molecule has 2 aromatic rings. The molecule has 8 nitrogen and oxygen atoms in total. The molecule has 3 rings (SSSR count). The Morgan fingerprint density at radius 3 is 2.50 bits per heavy atom. The fourth-order valence-electron chi connectivity index (χ4n) is 3.17. The van der Waals surface area contributed by atoms with E-state index in [0.29, 0.717) is 31.7 Å². The molecule has 148 valence electrons. The van der Waals surface area contributed by atoms with Crippen molar-refractivity contribution in [2.24, 2.45) is 0 Å². The van der Waals surface area contributed by atoms with Crippen LogP contribution >= 0.6 is 0 Å². The quantitative estimate of drug-likeness (QED) is 0.846. The van der Waals surface area contributed by atoms with Gasteiger partial charge in [0.1, 0.15) is 0 Å². The number of aromatic nitrogens is 2. The molecule has 1 aromatic carbocycles. The van der Waals surface area contributed by atoms with Crippen LogP contribution in [0, 0.1) is 0 Å². The lowest BCUT2D eigenvalue weighted by atomic mass is 10.1. The first kappa shape index (κ1) is 19.8. The van der Waals surface area contributed by atoms with Crippen molar-refractivity contribution in [3.63, 3.8) is 0 Å². The minimum Gasteiger partial charge on any atom is -0.368 e. The number of benzene rings is 1. The van der Waals surface area contributed by atoms with Crippen molar-refractivity contribution in [1.29, 1.82) is 0 Å². The number of nitrogen functional groups attached to an aromatic ring is 1. The standard InChI is InChI=1S/C20H26N6O2/c1-24(2)18(27)14-25-10-3-11-26(13-12-25)19(28)16-6-4-15(5-7-16)17-8-9-22-20(21)23-17/h4-9H,3,10-14H2,1-2H3,(H2,21,22,23). The number of rotatable bonds is 4. The molecule has 8 heteroatoms. The van der Waals surface area contributed by atoms with Gasteiger partial charge < -0.3 is 15.5 Å². The highest BCUT2D eigenvalue weighted by molar-refractivity contribution is 5.94. The van der Waals surface area contributed by atoms with Gasteiger partial charge in [0.15, 0.2) is 0 Å². The van der Waals surface area contributed by atoms with Crippen LogP contribution in [0.15, 0.2) is 36.5 Å². The third-order valence-electron chi connectivity index (χ3n) is 4.84. The van der Waals surface area contributed by atoms with E-state index in [4.69, 9.17) is 5.73 Å². The first-order valence-corrected chi connectivity index (χ1v) is 9.35. The summed E-state index contributed by atoms with van der Waals surface area (Å²) in [4.78, 5) is 38.5. The predicted octanol–water partition coefficient (Wildman–Crippen LogP) is 0.962. The van der Waals surface area contributed by atoms with Gasteiger partial charge in [-0.1, -0.05) is 12.1 Å². The van der Waals surface area contributed by atoms with E-state index in [9.17, 15) is 9.59 Å². The normalized spacial score (nSPS) is 15.1. The first-order valence-electron chi connectivity index (χ1n) is 9.35. The zero-order chi connectivity index (χ0) is 20.1. The molecule has 0 bridgehead atoms. The minimum absolute atomic E-state index is 0.00883. The third-order valence-corrected chi connectivity index (χ3v) is 4.84. The fourth-order valence-corrected chi connectivity index (χ4v) is 3.17. The first-order chi connectivity index (χ1) is 13.4. The van der Waals surface area contributed by atoms with Crippen molar-refractivity contribution in [3.05, 3.63) is 42.1 Å². The van der Waals surface area contributed by atoms with Gasteiger partial charge in [0.05, 0.1) is 12.2 Å². The fraction of sp³-hybridized carbons (Fsp3) is 0.400. The maximum atomic E-state index is 12.9. The van der Waals surface area contributed by atoms with Crippen LogP contribution in [0.3, 0.4) is 0 Å². The maximum Gasteiger partial charge on any atom is 0.253 e. The number of nitrogens with zero attached hydrogens (tertiary/aromatic N) is 5. The Morgan fingerprint density at radius 1 is 1.07 bits per heavy atom. The Hall–Kier alpha value is -3.00. The van der Waals surface area contributed by atoms with Crippen LogP contribution in [0.4, 0.5) is 5.95 Å². The number of nitrogens with two attached hydrogens (primary N) is 1. The monoisotopic (exact) mass is 382 g/mol. The van der Waals surface area contributed by atoms with E-state index in [2.05, 4.69) is 14.9 Å².